The zero-order valence-corrected chi connectivity index (χ0v) is 16.7. The number of aromatic nitrogens is 1. The number of carbonyl (C=O) groups is 2. The zero-order valence-electron chi connectivity index (χ0n) is 16.7. The predicted octanol–water partition coefficient (Wildman–Crippen LogP) is 2.99. The van der Waals surface area contributed by atoms with Gasteiger partial charge in [0, 0.05) is 13.1 Å². The van der Waals surface area contributed by atoms with E-state index in [4.69, 9.17) is 15.0 Å². The fourth-order valence-corrected chi connectivity index (χ4v) is 3.64. The molecule has 1 aromatic heterocycles. The van der Waals surface area contributed by atoms with Gasteiger partial charge in [-0.25, -0.2) is 0 Å². The lowest BCUT2D eigenvalue weighted by atomic mass is 9.77. The molecule has 0 saturated carbocycles. The van der Waals surface area contributed by atoms with Gasteiger partial charge < -0.3 is 19.9 Å². The second-order valence-electron chi connectivity index (χ2n) is 7.50. The van der Waals surface area contributed by atoms with Gasteiger partial charge in [-0.1, -0.05) is 29.8 Å². The molecule has 7 heteroatoms. The van der Waals surface area contributed by atoms with Crippen LogP contribution in [-0.2, 0) is 11.4 Å². The van der Waals surface area contributed by atoms with Crippen LogP contribution in [0.1, 0.15) is 53.6 Å². The number of hydrogen-bond acceptors (Lipinski definition) is 5. The first kappa shape index (κ1) is 19.9. The minimum Gasteiger partial charge on any atom is -0.489 e. The number of ether oxygens (including phenoxy) is 1. The Bertz CT molecular complexity index is 859. The van der Waals surface area contributed by atoms with Gasteiger partial charge in [0.05, 0.1) is 11.0 Å². The maximum atomic E-state index is 13.1. The van der Waals surface area contributed by atoms with Gasteiger partial charge in [0.25, 0.3) is 5.91 Å². The van der Waals surface area contributed by atoms with Crippen LogP contribution in [0.15, 0.2) is 28.8 Å². The molecule has 1 atom stereocenters. The van der Waals surface area contributed by atoms with Crippen molar-refractivity contribution >= 4 is 11.8 Å². The summed E-state index contributed by atoms with van der Waals surface area (Å²) < 4.78 is 11.1. The van der Waals surface area contributed by atoms with Gasteiger partial charge in [0.15, 0.2) is 5.69 Å². The van der Waals surface area contributed by atoms with Gasteiger partial charge in [-0.05, 0) is 45.2 Å². The Labute approximate surface area is 164 Å². The summed E-state index contributed by atoms with van der Waals surface area (Å²) in [5, 5.41) is 3.97. The number of nitrogens with two attached hydrogens (primary N) is 1. The molecule has 150 valence electrons. The van der Waals surface area contributed by atoms with E-state index in [0.717, 1.165) is 12.0 Å². The molecule has 1 fully saturated rings. The molecular weight excluding hydrogens is 358 g/mol. The quantitative estimate of drug-likeness (QED) is 0.824. The van der Waals surface area contributed by atoms with Gasteiger partial charge in [-0.2, -0.15) is 0 Å². The Balaban J connectivity index is 1.77. The first-order valence-corrected chi connectivity index (χ1v) is 9.60. The fraction of sp³-hybridized carbons (Fsp3) is 0.476. The normalized spacial score (nSPS) is 19.5. The van der Waals surface area contributed by atoms with Crippen LogP contribution in [-0.4, -0.2) is 35.0 Å². The number of benzene rings is 1. The fourth-order valence-electron chi connectivity index (χ4n) is 3.64. The highest BCUT2D eigenvalue weighted by molar-refractivity contribution is 5.94. The number of aryl methyl sites for hydroxylation is 2. The topological polar surface area (TPSA) is 98.7 Å². The van der Waals surface area contributed by atoms with E-state index < -0.39 is 5.41 Å². The Morgan fingerprint density at radius 3 is 2.64 bits per heavy atom. The molecule has 28 heavy (non-hydrogen) atoms. The van der Waals surface area contributed by atoms with Crippen molar-refractivity contribution in [1.29, 1.82) is 0 Å². The summed E-state index contributed by atoms with van der Waals surface area (Å²) in [6.07, 6.45) is 2.03. The monoisotopic (exact) mass is 385 g/mol. The maximum Gasteiger partial charge on any atom is 0.276 e. The average Bonchev–Trinajstić information content (AvgIpc) is 3.07. The van der Waals surface area contributed by atoms with E-state index in [1.54, 1.807) is 11.8 Å². The third kappa shape index (κ3) is 3.88. The second-order valence-corrected chi connectivity index (χ2v) is 7.50. The van der Waals surface area contributed by atoms with Gasteiger partial charge in [0.2, 0.25) is 5.91 Å². The number of piperidine rings is 1. The lowest BCUT2D eigenvalue weighted by Crippen LogP contribution is -2.52. The summed E-state index contributed by atoms with van der Waals surface area (Å²) in [5.74, 6) is 0.648. The standard InChI is InChI=1S/C21H27N3O4/c1-4-21(20(22)26)10-5-11-24(13-21)19(25)18-17(15(3)28-23-18)12-27-16-8-6-14(2)7-9-16/h6-9H,4-5,10-13H2,1-3H3,(H2,22,26). The van der Waals surface area contributed by atoms with Gasteiger partial charge in [0.1, 0.15) is 18.1 Å². The van der Waals surface area contributed by atoms with E-state index in [2.05, 4.69) is 5.16 Å². The van der Waals surface area contributed by atoms with Crippen molar-refractivity contribution in [1.82, 2.24) is 10.1 Å². The summed E-state index contributed by atoms with van der Waals surface area (Å²) in [7, 11) is 0. The Morgan fingerprint density at radius 1 is 1.29 bits per heavy atom. The number of nitrogens with zero attached hydrogens (tertiary/aromatic N) is 2. The number of likely N-dealkylation sites (tertiary alicyclic amines) is 1. The molecular formula is C21H27N3O4. The second kappa shape index (κ2) is 8.04. The molecule has 1 aromatic carbocycles. The minimum absolute atomic E-state index is 0.183. The van der Waals surface area contributed by atoms with Crippen LogP contribution in [0.2, 0.25) is 0 Å². The number of amides is 2. The number of rotatable bonds is 6. The van der Waals surface area contributed by atoms with Crippen molar-refractivity contribution in [2.45, 2.75) is 46.6 Å². The third-order valence-electron chi connectivity index (χ3n) is 5.65. The summed E-state index contributed by atoms with van der Waals surface area (Å²) in [6.45, 7) is 6.75. The van der Waals surface area contributed by atoms with Gasteiger partial charge in [-0.15, -0.1) is 0 Å². The minimum atomic E-state index is -0.675. The van der Waals surface area contributed by atoms with Crippen molar-refractivity contribution in [2.24, 2.45) is 11.1 Å². The highest BCUT2D eigenvalue weighted by Gasteiger charge is 2.41. The van der Waals surface area contributed by atoms with E-state index in [-0.39, 0.29) is 24.1 Å². The lowest BCUT2D eigenvalue weighted by Gasteiger charge is -2.40. The Hall–Kier alpha value is -2.83. The molecule has 2 amide bonds. The maximum absolute atomic E-state index is 13.1. The number of carbonyl (C=O) groups excluding carboxylic acids is 2. The molecule has 3 rings (SSSR count). The molecule has 0 spiro atoms. The highest BCUT2D eigenvalue weighted by atomic mass is 16.5. The average molecular weight is 385 g/mol. The Kier molecular flexibility index (Phi) is 5.72. The first-order chi connectivity index (χ1) is 13.4. The number of hydrogen-bond donors (Lipinski definition) is 1. The van der Waals surface area contributed by atoms with Crippen molar-refractivity contribution in [3.8, 4) is 5.75 Å². The largest absolute Gasteiger partial charge is 0.489 e. The molecule has 1 aliphatic heterocycles. The van der Waals surface area contributed by atoms with Crippen molar-refractivity contribution in [2.75, 3.05) is 13.1 Å². The molecule has 0 radical (unpaired) electrons. The van der Waals surface area contributed by atoms with E-state index in [9.17, 15) is 9.59 Å². The summed E-state index contributed by atoms with van der Waals surface area (Å²) >= 11 is 0. The van der Waals surface area contributed by atoms with Crippen LogP contribution in [0, 0.1) is 19.3 Å². The summed E-state index contributed by atoms with van der Waals surface area (Å²) in [6, 6.07) is 7.69. The van der Waals surface area contributed by atoms with E-state index in [0.29, 0.717) is 43.0 Å². The molecule has 1 unspecified atom stereocenters. The van der Waals surface area contributed by atoms with Gasteiger partial charge in [-0.3, -0.25) is 9.59 Å². The molecule has 2 N–H and O–H groups in total. The van der Waals surface area contributed by atoms with Crippen molar-refractivity contribution in [3.05, 3.63) is 46.8 Å². The zero-order chi connectivity index (χ0) is 20.3. The van der Waals surface area contributed by atoms with Crippen LogP contribution < -0.4 is 10.5 Å². The first-order valence-electron chi connectivity index (χ1n) is 9.60. The number of primary amides is 1. The van der Waals surface area contributed by atoms with Crippen molar-refractivity contribution in [3.63, 3.8) is 0 Å². The molecule has 1 aliphatic rings. The Morgan fingerprint density at radius 2 is 2.00 bits per heavy atom. The van der Waals surface area contributed by atoms with Gasteiger partial charge >= 0.3 is 0 Å². The molecule has 7 nitrogen and oxygen atoms in total. The molecule has 1 saturated heterocycles. The van der Waals surface area contributed by atoms with Crippen LogP contribution in [0.4, 0.5) is 0 Å². The van der Waals surface area contributed by atoms with Crippen LogP contribution in [0.3, 0.4) is 0 Å². The summed E-state index contributed by atoms with van der Waals surface area (Å²) in [5.41, 5.74) is 6.97. The lowest BCUT2D eigenvalue weighted by molar-refractivity contribution is -0.130. The van der Waals surface area contributed by atoms with E-state index in [1.165, 1.54) is 0 Å². The third-order valence-corrected chi connectivity index (χ3v) is 5.65. The SMILES string of the molecule is CCC1(C(N)=O)CCCN(C(=O)c2noc(C)c2COc2ccc(C)cc2)C1. The van der Waals surface area contributed by atoms with Crippen LogP contribution >= 0.6 is 0 Å². The highest BCUT2D eigenvalue weighted by Crippen LogP contribution is 2.34. The smallest absolute Gasteiger partial charge is 0.276 e. The molecule has 0 bridgehead atoms. The molecule has 2 heterocycles. The van der Waals surface area contributed by atoms with E-state index >= 15 is 0 Å². The van der Waals surface area contributed by atoms with Crippen LogP contribution in [0.5, 0.6) is 5.75 Å². The van der Waals surface area contributed by atoms with E-state index in [1.807, 2.05) is 38.1 Å². The molecule has 0 aliphatic carbocycles. The van der Waals surface area contributed by atoms with Crippen LogP contribution in [0.25, 0.3) is 0 Å². The summed E-state index contributed by atoms with van der Waals surface area (Å²) in [4.78, 5) is 26.8. The van der Waals surface area contributed by atoms with Crippen molar-refractivity contribution < 1.29 is 18.8 Å². The molecule has 2 aromatic rings. The predicted molar refractivity (Wildman–Crippen MR) is 104 cm³/mol.